The minimum atomic E-state index is 0.258. The number of benzene rings is 1. The molecule has 0 bridgehead atoms. The molecule has 17 heavy (non-hydrogen) atoms. The lowest BCUT2D eigenvalue weighted by atomic mass is 10.2. The zero-order valence-electron chi connectivity index (χ0n) is 10.0. The van der Waals surface area contributed by atoms with Crippen molar-refractivity contribution in [1.29, 1.82) is 0 Å². The molecule has 0 fully saturated rings. The van der Waals surface area contributed by atoms with Gasteiger partial charge >= 0.3 is 0 Å². The van der Waals surface area contributed by atoms with Crippen molar-refractivity contribution in [3.63, 3.8) is 0 Å². The molecule has 1 atom stereocenters. The second-order valence-electron chi connectivity index (χ2n) is 4.10. The van der Waals surface area contributed by atoms with Gasteiger partial charge in [-0.05, 0) is 24.6 Å². The first-order valence-corrected chi connectivity index (χ1v) is 6.65. The van der Waals surface area contributed by atoms with Crippen LogP contribution in [-0.4, -0.2) is 6.54 Å². The highest BCUT2D eigenvalue weighted by molar-refractivity contribution is 7.12. The number of nitrogens with one attached hydrogen (secondary N) is 1. The van der Waals surface area contributed by atoms with Crippen LogP contribution in [0.1, 0.15) is 21.4 Å². The Labute approximate surface area is 106 Å². The molecule has 0 spiro atoms. The highest BCUT2D eigenvalue weighted by Gasteiger charge is 2.10. The Kier molecular flexibility index (Phi) is 4.31. The Bertz CT molecular complexity index is 450. The van der Waals surface area contributed by atoms with Gasteiger partial charge in [-0.25, -0.2) is 0 Å². The van der Waals surface area contributed by atoms with Gasteiger partial charge in [0.2, 0.25) is 0 Å². The molecule has 0 amide bonds. The molecule has 0 aliphatic heterocycles. The van der Waals surface area contributed by atoms with E-state index in [0.717, 1.165) is 6.54 Å². The standard InChI is InChI=1S/C14H18N2S/c1-11-7-8-14(17-11)13(9-15)16-10-12-5-3-2-4-6-12/h2-8,13,16H,9-10,15H2,1H3. The van der Waals surface area contributed by atoms with Crippen LogP contribution < -0.4 is 11.1 Å². The smallest absolute Gasteiger partial charge is 0.0541 e. The van der Waals surface area contributed by atoms with Crippen molar-refractivity contribution in [3.05, 3.63) is 57.8 Å². The molecule has 3 heteroatoms. The first kappa shape index (κ1) is 12.3. The van der Waals surface area contributed by atoms with Crippen LogP contribution in [0.15, 0.2) is 42.5 Å². The molecule has 0 aliphatic rings. The Balaban J connectivity index is 1.97. The summed E-state index contributed by atoms with van der Waals surface area (Å²) in [6.07, 6.45) is 0. The van der Waals surface area contributed by atoms with Crippen LogP contribution in [-0.2, 0) is 6.54 Å². The predicted octanol–water partition coefficient (Wildman–Crippen LogP) is 2.85. The molecule has 1 unspecified atom stereocenters. The van der Waals surface area contributed by atoms with Gasteiger partial charge in [0.1, 0.15) is 0 Å². The average molecular weight is 246 g/mol. The number of hydrogen-bond donors (Lipinski definition) is 2. The van der Waals surface area contributed by atoms with Crippen LogP contribution in [0.3, 0.4) is 0 Å². The lowest BCUT2D eigenvalue weighted by Gasteiger charge is -2.15. The topological polar surface area (TPSA) is 38.0 Å². The maximum atomic E-state index is 5.82. The van der Waals surface area contributed by atoms with Gasteiger partial charge in [-0.2, -0.15) is 0 Å². The first-order chi connectivity index (χ1) is 8.29. The van der Waals surface area contributed by atoms with Crippen LogP contribution in [0.25, 0.3) is 0 Å². The second kappa shape index (κ2) is 5.96. The van der Waals surface area contributed by atoms with Crippen LogP contribution >= 0.6 is 11.3 Å². The summed E-state index contributed by atoms with van der Waals surface area (Å²) in [6.45, 7) is 3.62. The zero-order chi connectivity index (χ0) is 12.1. The molecule has 2 rings (SSSR count). The molecule has 0 saturated carbocycles. The summed E-state index contributed by atoms with van der Waals surface area (Å²) in [5.74, 6) is 0. The normalized spacial score (nSPS) is 12.6. The molecule has 3 N–H and O–H groups in total. The fourth-order valence-electron chi connectivity index (χ4n) is 1.78. The molecule has 1 aromatic heterocycles. The fourth-order valence-corrected chi connectivity index (χ4v) is 2.74. The van der Waals surface area contributed by atoms with Crippen molar-refractivity contribution < 1.29 is 0 Å². The SMILES string of the molecule is Cc1ccc(C(CN)NCc2ccccc2)s1. The van der Waals surface area contributed by atoms with E-state index in [1.807, 2.05) is 17.4 Å². The summed E-state index contributed by atoms with van der Waals surface area (Å²) in [6, 6.07) is 15.0. The van der Waals surface area contributed by atoms with E-state index in [9.17, 15) is 0 Å². The highest BCUT2D eigenvalue weighted by Crippen LogP contribution is 2.22. The summed E-state index contributed by atoms with van der Waals surface area (Å²) in [4.78, 5) is 2.65. The Morgan fingerprint density at radius 3 is 2.53 bits per heavy atom. The largest absolute Gasteiger partial charge is 0.329 e. The number of rotatable bonds is 5. The average Bonchev–Trinajstić information content (AvgIpc) is 2.78. The van der Waals surface area contributed by atoms with E-state index < -0.39 is 0 Å². The lowest BCUT2D eigenvalue weighted by Crippen LogP contribution is -2.27. The van der Waals surface area contributed by atoms with Crippen LogP contribution in [0, 0.1) is 6.92 Å². The van der Waals surface area contributed by atoms with Gasteiger partial charge in [-0.15, -0.1) is 11.3 Å². The first-order valence-electron chi connectivity index (χ1n) is 5.83. The van der Waals surface area contributed by atoms with Crippen molar-refractivity contribution in [1.82, 2.24) is 5.32 Å². The van der Waals surface area contributed by atoms with Gasteiger partial charge in [0, 0.05) is 22.8 Å². The van der Waals surface area contributed by atoms with Crippen molar-refractivity contribution in [2.24, 2.45) is 5.73 Å². The van der Waals surface area contributed by atoms with E-state index >= 15 is 0 Å². The zero-order valence-corrected chi connectivity index (χ0v) is 10.8. The molecule has 90 valence electrons. The summed E-state index contributed by atoms with van der Waals surface area (Å²) in [5, 5.41) is 3.50. The number of hydrogen-bond acceptors (Lipinski definition) is 3. The van der Waals surface area contributed by atoms with Crippen LogP contribution in [0.2, 0.25) is 0 Å². The third-order valence-corrected chi connectivity index (χ3v) is 3.85. The Morgan fingerprint density at radius 2 is 1.94 bits per heavy atom. The molecule has 0 aliphatic carbocycles. The van der Waals surface area contributed by atoms with E-state index in [1.54, 1.807) is 0 Å². The lowest BCUT2D eigenvalue weighted by molar-refractivity contribution is 0.549. The highest BCUT2D eigenvalue weighted by atomic mass is 32.1. The minimum Gasteiger partial charge on any atom is -0.329 e. The number of nitrogens with two attached hydrogens (primary N) is 1. The van der Waals surface area contributed by atoms with Gasteiger partial charge in [0.05, 0.1) is 6.04 Å². The third kappa shape index (κ3) is 3.40. The van der Waals surface area contributed by atoms with E-state index in [4.69, 9.17) is 5.73 Å². The van der Waals surface area contributed by atoms with Crippen molar-refractivity contribution in [2.45, 2.75) is 19.5 Å². The van der Waals surface area contributed by atoms with E-state index in [-0.39, 0.29) is 6.04 Å². The molecule has 0 radical (unpaired) electrons. The van der Waals surface area contributed by atoms with E-state index in [2.05, 4.69) is 48.6 Å². The molecule has 2 aromatic rings. The van der Waals surface area contributed by atoms with Crippen molar-refractivity contribution in [2.75, 3.05) is 6.54 Å². The summed E-state index contributed by atoms with van der Waals surface area (Å²) < 4.78 is 0. The molecule has 1 heterocycles. The molecule has 0 saturated heterocycles. The molecule has 1 aromatic carbocycles. The third-order valence-electron chi connectivity index (χ3n) is 2.74. The second-order valence-corrected chi connectivity index (χ2v) is 5.42. The molecule has 2 nitrogen and oxygen atoms in total. The van der Waals surface area contributed by atoms with Gasteiger partial charge in [-0.1, -0.05) is 30.3 Å². The summed E-state index contributed by atoms with van der Waals surface area (Å²) in [7, 11) is 0. The maximum absolute atomic E-state index is 5.82. The molecular formula is C14H18N2S. The Hall–Kier alpha value is -1.16. The quantitative estimate of drug-likeness (QED) is 0.851. The maximum Gasteiger partial charge on any atom is 0.0541 e. The van der Waals surface area contributed by atoms with Crippen molar-refractivity contribution in [3.8, 4) is 0 Å². The number of aryl methyl sites for hydroxylation is 1. The Morgan fingerprint density at radius 1 is 1.18 bits per heavy atom. The minimum absolute atomic E-state index is 0.258. The summed E-state index contributed by atoms with van der Waals surface area (Å²) in [5.41, 5.74) is 7.11. The van der Waals surface area contributed by atoms with Gasteiger partial charge < -0.3 is 11.1 Å². The predicted molar refractivity (Wildman–Crippen MR) is 74.1 cm³/mol. The number of thiophene rings is 1. The van der Waals surface area contributed by atoms with E-state index in [0.29, 0.717) is 6.54 Å². The van der Waals surface area contributed by atoms with Crippen molar-refractivity contribution >= 4 is 11.3 Å². The molecular weight excluding hydrogens is 228 g/mol. The van der Waals surface area contributed by atoms with Crippen LogP contribution in [0.4, 0.5) is 0 Å². The monoisotopic (exact) mass is 246 g/mol. The fraction of sp³-hybridized carbons (Fsp3) is 0.286. The summed E-state index contributed by atoms with van der Waals surface area (Å²) >= 11 is 1.81. The van der Waals surface area contributed by atoms with Gasteiger partial charge in [-0.3, -0.25) is 0 Å². The van der Waals surface area contributed by atoms with Crippen LogP contribution in [0.5, 0.6) is 0 Å². The van der Waals surface area contributed by atoms with E-state index in [1.165, 1.54) is 15.3 Å². The van der Waals surface area contributed by atoms with Gasteiger partial charge in [0.15, 0.2) is 0 Å². The van der Waals surface area contributed by atoms with Gasteiger partial charge in [0.25, 0.3) is 0 Å².